The van der Waals surface area contributed by atoms with Gasteiger partial charge in [0.15, 0.2) is 0 Å². The number of hydrogen-bond donors (Lipinski definition) is 1. The van der Waals surface area contributed by atoms with E-state index in [0.29, 0.717) is 12.8 Å². The molecule has 1 fully saturated rings. The molecular weight excluding hydrogens is 200 g/mol. The van der Waals surface area contributed by atoms with Crippen LogP contribution in [0.15, 0.2) is 24.3 Å². The number of hydrogen-bond acceptors (Lipinski definition) is 2. The quantitative estimate of drug-likeness (QED) is 0.788. The van der Waals surface area contributed by atoms with E-state index in [1.165, 1.54) is 5.56 Å². The molecule has 1 saturated heterocycles. The molecule has 1 N–H and O–H groups in total. The van der Waals surface area contributed by atoms with Crippen LogP contribution in [0.1, 0.15) is 37.8 Å². The van der Waals surface area contributed by atoms with E-state index in [2.05, 4.69) is 19.1 Å². The van der Waals surface area contributed by atoms with Gasteiger partial charge in [-0.1, -0.05) is 29.8 Å². The lowest BCUT2D eigenvalue weighted by Gasteiger charge is -2.39. The second-order valence-electron chi connectivity index (χ2n) is 5.07. The van der Waals surface area contributed by atoms with Crippen molar-refractivity contribution in [3.8, 4) is 0 Å². The molecule has 1 aliphatic rings. The van der Waals surface area contributed by atoms with Gasteiger partial charge in [-0.15, -0.1) is 0 Å². The normalized spacial score (nSPS) is 35.0. The molecule has 2 heteroatoms. The molecule has 2 atom stereocenters. The van der Waals surface area contributed by atoms with E-state index in [0.717, 1.165) is 5.56 Å². The Kier molecular flexibility index (Phi) is 3.04. The molecule has 0 amide bonds. The molecule has 2 nitrogen and oxygen atoms in total. The Morgan fingerprint density at radius 3 is 2.44 bits per heavy atom. The van der Waals surface area contributed by atoms with Crippen LogP contribution in [-0.4, -0.2) is 17.3 Å². The van der Waals surface area contributed by atoms with Gasteiger partial charge in [-0.25, -0.2) is 0 Å². The third kappa shape index (κ3) is 2.28. The predicted molar refractivity (Wildman–Crippen MR) is 64.3 cm³/mol. The number of benzene rings is 1. The molecule has 2 rings (SSSR count). The summed E-state index contributed by atoms with van der Waals surface area (Å²) in [6.45, 7) is 6.10. The molecule has 0 spiro atoms. The van der Waals surface area contributed by atoms with Crippen molar-refractivity contribution in [1.82, 2.24) is 0 Å². The molecule has 88 valence electrons. The van der Waals surface area contributed by atoms with Gasteiger partial charge in [0.2, 0.25) is 0 Å². The van der Waals surface area contributed by atoms with E-state index >= 15 is 0 Å². The average molecular weight is 220 g/mol. The third-order valence-corrected chi connectivity index (χ3v) is 3.27. The second kappa shape index (κ2) is 4.19. The lowest BCUT2D eigenvalue weighted by Crippen LogP contribution is -2.41. The Morgan fingerprint density at radius 2 is 1.88 bits per heavy atom. The van der Waals surface area contributed by atoms with Crippen LogP contribution in [0.3, 0.4) is 0 Å². The van der Waals surface area contributed by atoms with Crippen LogP contribution in [0.2, 0.25) is 0 Å². The lowest BCUT2D eigenvalue weighted by atomic mass is 9.81. The Labute approximate surface area is 97.3 Å². The lowest BCUT2D eigenvalue weighted by molar-refractivity contribution is -0.135. The summed E-state index contributed by atoms with van der Waals surface area (Å²) < 4.78 is 5.67. The minimum Gasteiger partial charge on any atom is -0.385 e. The zero-order valence-electron chi connectivity index (χ0n) is 10.2. The molecule has 0 aromatic heterocycles. The van der Waals surface area contributed by atoms with Crippen molar-refractivity contribution in [2.75, 3.05) is 0 Å². The van der Waals surface area contributed by atoms with Crippen molar-refractivity contribution in [2.45, 2.75) is 51.4 Å². The van der Waals surface area contributed by atoms with Crippen LogP contribution in [0.4, 0.5) is 0 Å². The fourth-order valence-electron chi connectivity index (χ4n) is 2.70. The first kappa shape index (κ1) is 11.6. The van der Waals surface area contributed by atoms with Crippen molar-refractivity contribution in [2.24, 2.45) is 0 Å². The topological polar surface area (TPSA) is 29.5 Å². The molecule has 1 heterocycles. The van der Waals surface area contributed by atoms with Gasteiger partial charge in [0.05, 0.1) is 17.8 Å². The van der Waals surface area contributed by atoms with Crippen LogP contribution in [0, 0.1) is 6.92 Å². The Hall–Kier alpha value is -0.860. The first-order valence-corrected chi connectivity index (χ1v) is 5.94. The summed E-state index contributed by atoms with van der Waals surface area (Å²) in [6.07, 6.45) is 1.60. The van der Waals surface area contributed by atoms with E-state index in [1.807, 2.05) is 26.0 Å². The van der Waals surface area contributed by atoms with Crippen LogP contribution in [-0.2, 0) is 10.3 Å². The number of aliphatic hydroxyl groups is 1. The smallest absolute Gasteiger partial charge is 0.0945 e. The van der Waals surface area contributed by atoms with Crippen LogP contribution in [0.5, 0.6) is 0 Å². The van der Waals surface area contributed by atoms with Crippen molar-refractivity contribution in [1.29, 1.82) is 0 Å². The molecular formula is C14H20O2. The van der Waals surface area contributed by atoms with Crippen molar-refractivity contribution >= 4 is 0 Å². The SMILES string of the molecule is Cc1cccc(C2(O)CC(C)OC(C)C2)c1. The molecule has 1 aromatic rings. The summed E-state index contributed by atoms with van der Waals surface area (Å²) in [5.74, 6) is 0. The summed E-state index contributed by atoms with van der Waals surface area (Å²) in [5, 5.41) is 10.7. The fraction of sp³-hybridized carbons (Fsp3) is 0.571. The summed E-state index contributed by atoms with van der Waals surface area (Å²) in [7, 11) is 0. The minimum atomic E-state index is -0.719. The number of aryl methyl sites for hydroxylation is 1. The maximum absolute atomic E-state index is 10.7. The van der Waals surface area contributed by atoms with Gasteiger partial charge >= 0.3 is 0 Å². The Morgan fingerprint density at radius 1 is 1.25 bits per heavy atom. The van der Waals surface area contributed by atoms with Crippen LogP contribution < -0.4 is 0 Å². The summed E-state index contributed by atoms with van der Waals surface area (Å²) in [4.78, 5) is 0. The predicted octanol–water partition coefficient (Wildman–Crippen LogP) is 2.77. The van der Waals surface area contributed by atoms with E-state index in [-0.39, 0.29) is 12.2 Å². The largest absolute Gasteiger partial charge is 0.385 e. The van der Waals surface area contributed by atoms with Crippen LogP contribution in [0.25, 0.3) is 0 Å². The first-order valence-electron chi connectivity index (χ1n) is 5.94. The highest BCUT2D eigenvalue weighted by Gasteiger charge is 2.38. The second-order valence-corrected chi connectivity index (χ2v) is 5.07. The van der Waals surface area contributed by atoms with Gasteiger partial charge in [-0.05, 0) is 26.3 Å². The highest BCUT2D eigenvalue weighted by molar-refractivity contribution is 5.28. The molecule has 2 unspecified atom stereocenters. The fourth-order valence-corrected chi connectivity index (χ4v) is 2.70. The Balaban J connectivity index is 2.30. The molecule has 0 saturated carbocycles. The highest BCUT2D eigenvalue weighted by Crippen LogP contribution is 2.37. The number of ether oxygens (including phenoxy) is 1. The molecule has 1 aliphatic heterocycles. The van der Waals surface area contributed by atoms with Gasteiger partial charge in [0, 0.05) is 12.8 Å². The summed E-state index contributed by atoms with van der Waals surface area (Å²) in [6, 6.07) is 8.15. The van der Waals surface area contributed by atoms with E-state index in [9.17, 15) is 5.11 Å². The monoisotopic (exact) mass is 220 g/mol. The van der Waals surface area contributed by atoms with E-state index in [1.54, 1.807) is 0 Å². The van der Waals surface area contributed by atoms with Gasteiger partial charge in [-0.3, -0.25) is 0 Å². The zero-order chi connectivity index (χ0) is 11.8. The molecule has 16 heavy (non-hydrogen) atoms. The summed E-state index contributed by atoms with van der Waals surface area (Å²) in [5.41, 5.74) is 1.50. The van der Waals surface area contributed by atoms with Gasteiger partial charge in [0.25, 0.3) is 0 Å². The zero-order valence-corrected chi connectivity index (χ0v) is 10.2. The number of rotatable bonds is 1. The van der Waals surface area contributed by atoms with Crippen LogP contribution >= 0.6 is 0 Å². The minimum absolute atomic E-state index is 0.120. The standard InChI is InChI=1S/C14H20O2/c1-10-5-4-6-13(7-10)14(15)8-11(2)16-12(3)9-14/h4-7,11-12,15H,8-9H2,1-3H3. The van der Waals surface area contributed by atoms with Gasteiger partial charge in [0.1, 0.15) is 0 Å². The summed E-state index contributed by atoms with van der Waals surface area (Å²) >= 11 is 0. The van der Waals surface area contributed by atoms with E-state index in [4.69, 9.17) is 4.74 Å². The van der Waals surface area contributed by atoms with Crippen molar-refractivity contribution in [3.05, 3.63) is 35.4 Å². The maximum atomic E-state index is 10.7. The Bertz CT molecular complexity index is 363. The molecule has 1 aromatic carbocycles. The average Bonchev–Trinajstić information content (AvgIpc) is 2.15. The highest BCUT2D eigenvalue weighted by atomic mass is 16.5. The van der Waals surface area contributed by atoms with Gasteiger partial charge < -0.3 is 9.84 Å². The maximum Gasteiger partial charge on any atom is 0.0945 e. The van der Waals surface area contributed by atoms with Crippen molar-refractivity contribution in [3.63, 3.8) is 0 Å². The van der Waals surface area contributed by atoms with Crippen molar-refractivity contribution < 1.29 is 9.84 Å². The van der Waals surface area contributed by atoms with E-state index < -0.39 is 5.60 Å². The molecule has 0 aliphatic carbocycles. The molecule has 0 bridgehead atoms. The van der Waals surface area contributed by atoms with Gasteiger partial charge in [-0.2, -0.15) is 0 Å². The molecule has 0 radical (unpaired) electrons. The third-order valence-electron chi connectivity index (χ3n) is 3.27. The first-order chi connectivity index (χ1) is 7.49.